The number of hydrogen-bond acceptors (Lipinski definition) is 3. The fraction of sp³-hybridized carbons (Fsp3) is 0.300. The first-order valence-corrected chi connectivity index (χ1v) is 8.29. The summed E-state index contributed by atoms with van der Waals surface area (Å²) in [6.45, 7) is 4.72. The predicted molar refractivity (Wildman–Crippen MR) is 97.1 cm³/mol. The number of nitrogens with one attached hydrogen (secondary N) is 1. The van der Waals surface area contributed by atoms with Gasteiger partial charge in [0.15, 0.2) is 0 Å². The number of para-hydroxylation sites is 2. The topological polar surface area (TPSA) is 75.6 Å². The lowest BCUT2D eigenvalue weighted by molar-refractivity contribution is -0.116. The number of carbonyl (C=O) groups excluding carboxylic acids is 1. The maximum Gasteiger partial charge on any atom is 0.335 e. The molecule has 5 nitrogen and oxygen atoms in total. The average molecular weight is 341 g/mol. The first-order valence-electron chi connectivity index (χ1n) is 8.29. The summed E-state index contributed by atoms with van der Waals surface area (Å²) in [6.07, 6.45) is 0.853. The second-order valence-electron chi connectivity index (χ2n) is 6.25. The number of carboxylic acid groups (broad SMARTS) is 1. The van der Waals surface area contributed by atoms with Crippen LogP contribution in [0.2, 0.25) is 0 Å². The van der Waals surface area contributed by atoms with Crippen LogP contribution < -0.4 is 10.1 Å². The minimum absolute atomic E-state index is 0.108. The lowest BCUT2D eigenvalue weighted by atomic mass is 10.1. The fourth-order valence-corrected chi connectivity index (χ4v) is 2.24. The molecule has 2 aromatic carbocycles. The van der Waals surface area contributed by atoms with Crippen molar-refractivity contribution < 1.29 is 19.4 Å². The highest BCUT2D eigenvalue weighted by molar-refractivity contribution is 5.92. The minimum Gasteiger partial charge on any atom is -0.491 e. The normalized spacial score (nSPS) is 10.5. The van der Waals surface area contributed by atoms with E-state index in [-0.39, 0.29) is 11.5 Å². The van der Waals surface area contributed by atoms with Crippen molar-refractivity contribution in [2.24, 2.45) is 5.92 Å². The number of carbonyl (C=O) groups is 2. The third-order valence-corrected chi connectivity index (χ3v) is 3.57. The van der Waals surface area contributed by atoms with Gasteiger partial charge in [0.25, 0.3) is 0 Å². The van der Waals surface area contributed by atoms with Crippen molar-refractivity contribution >= 4 is 17.6 Å². The summed E-state index contributed by atoms with van der Waals surface area (Å²) in [6, 6.07) is 13.9. The Labute approximate surface area is 147 Å². The molecular formula is C20H23NO4. The number of aromatic carboxylic acids is 1. The molecule has 0 heterocycles. The Kier molecular flexibility index (Phi) is 6.57. The molecule has 0 aromatic heterocycles. The average Bonchev–Trinajstić information content (AvgIpc) is 2.59. The second kappa shape index (κ2) is 8.87. The van der Waals surface area contributed by atoms with E-state index in [0.717, 1.165) is 5.56 Å². The molecule has 2 rings (SSSR count). The van der Waals surface area contributed by atoms with Crippen molar-refractivity contribution in [2.75, 3.05) is 11.9 Å². The zero-order valence-electron chi connectivity index (χ0n) is 14.5. The lowest BCUT2D eigenvalue weighted by Gasteiger charge is -2.13. The zero-order chi connectivity index (χ0) is 18.2. The van der Waals surface area contributed by atoms with Gasteiger partial charge in [-0.15, -0.1) is 0 Å². The van der Waals surface area contributed by atoms with Gasteiger partial charge in [-0.2, -0.15) is 0 Å². The molecule has 0 spiro atoms. The number of ether oxygens (including phenoxy) is 1. The van der Waals surface area contributed by atoms with Crippen LogP contribution in [-0.4, -0.2) is 23.6 Å². The SMILES string of the molecule is CC(C)COc1ccccc1NC(=O)CCc1ccc(C(=O)O)cc1. The lowest BCUT2D eigenvalue weighted by Crippen LogP contribution is -2.14. The van der Waals surface area contributed by atoms with E-state index in [1.54, 1.807) is 24.3 Å². The van der Waals surface area contributed by atoms with E-state index < -0.39 is 5.97 Å². The van der Waals surface area contributed by atoms with Crippen LogP contribution in [0.25, 0.3) is 0 Å². The van der Waals surface area contributed by atoms with Crippen LogP contribution in [0.4, 0.5) is 5.69 Å². The van der Waals surface area contributed by atoms with E-state index in [1.165, 1.54) is 0 Å². The Morgan fingerprint density at radius 1 is 1.08 bits per heavy atom. The van der Waals surface area contributed by atoms with Crippen molar-refractivity contribution in [3.8, 4) is 5.75 Å². The monoisotopic (exact) mass is 341 g/mol. The molecule has 0 bridgehead atoms. The van der Waals surface area contributed by atoms with Gasteiger partial charge < -0.3 is 15.2 Å². The van der Waals surface area contributed by atoms with Crippen LogP contribution in [0.15, 0.2) is 48.5 Å². The Hall–Kier alpha value is -2.82. The standard InChI is InChI=1S/C20H23NO4/c1-14(2)13-25-18-6-4-3-5-17(18)21-19(22)12-9-15-7-10-16(11-8-15)20(23)24/h3-8,10-11,14H,9,12-13H2,1-2H3,(H,21,22)(H,23,24). The summed E-state index contributed by atoms with van der Waals surface area (Å²) >= 11 is 0. The Bertz CT molecular complexity index is 723. The highest BCUT2D eigenvalue weighted by atomic mass is 16.5. The van der Waals surface area contributed by atoms with Crippen LogP contribution >= 0.6 is 0 Å². The molecule has 0 aliphatic carbocycles. The number of hydrogen-bond donors (Lipinski definition) is 2. The first kappa shape index (κ1) is 18.5. The summed E-state index contributed by atoms with van der Waals surface area (Å²) in [5.41, 5.74) is 1.82. The highest BCUT2D eigenvalue weighted by Crippen LogP contribution is 2.24. The second-order valence-corrected chi connectivity index (χ2v) is 6.25. The van der Waals surface area contributed by atoms with Crippen molar-refractivity contribution in [3.63, 3.8) is 0 Å². The predicted octanol–water partition coefficient (Wildman–Crippen LogP) is 3.99. The van der Waals surface area contributed by atoms with Crippen LogP contribution in [0.5, 0.6) is 5.75 Å². The molecule has 1 amide bonds. The molecule has 25 heavy (non-hydrogen) atoms. The molecule has 0 saturated carbocycles. The minimum atomic E-state index is -0.956. The number of carboxylic acids is 1. The third kappa shape index (κ3) is 5.95. The maximum absolute atomic E-state index is 12.2. The van der Waals surface area contributed by atoms with Gasteiger partial charge in [-0.25, -0.2) is 4.79 Å². The van der Waals surface area contributed by atoms with Crippen molar-refractivity contribution in [2.45, 2.75) is 26.7 Å². The summed E-state index contributed by atoms with van der Waals surface area (Å²) in [5, 5.41) is 11.8. The van der Waals surface area contributed by atoms with Gasteiger partial charge in [-0.1, -0.05) is 38.1 Å². The molecule has 0 radical (unpaired) electrons. The molecule has 0 saturated heterocycles. The summed E-state index contributed by atoms with van der Waals surface area (Å²) in [7, 11) is 0. The Balaban J connectivity index is 1.91. The number of amides is 1. The number of aryl methyl sites for hydroxylation is 1. The fourth-order valence-electron chi connectivity index (χ4n) is 2.24. The van der Waals surface area contributed by atoms with Crippen molar-refractivity contribution in [3.05, 3.63) is 59.7 Å². The van der Waals surface area contributed by atoms with E-state index in [1.807, 2.05) is 24.3 Å². The third-order valence-electron chi connectivity index (χ3n) is 3.57. The maximum atomic E-state index is 12.2. The van der Waals surface area contributed by atoms with Crippen LogP contribution in [0.1, 0.15) is 36.2 Å². The molecule has 0 aliphatic heterocycles. The zero-order valence-corrected chi connectivity index (χ0v) is 14.5. The molecular weight excluding hydrogens is 318 g/mol. The smallest absolute Gasteiger partial charge is 0.335 e. The van der Waals surface area contributed by atoms with Crippen molar-refractivity contribution in [1.82, 2.24) is 0 Å². The van der Waals surface area contributed by atoms with Gasteiger partial charge in [0.1, 0.15) is 5.75 Å². The molecule has 2 aromatic rings. The molecule has 0 aliphatic rings. The number of rotatable bonds is 8. The van der Waals surface area contributed by atoms with Gasteiger partial charge in [-0.05, 0) is 42.2 Å². The molecule has 0 unspecified atom stereocenters. The van der Waals surface area contributed by atoms with E-state index in [4.69, 9.17) is 9.84 Å². The van der Waals surface area contributed by atoms with E-state index >= 15 is 0 Å². The molecule has 132 valence electrons. The van der Waals surface area contributed by atoms with Gasteiger partial charge in [0.2, 0.25) is 5.91 Å². The highest BCUT2D eigenvalue weighted by Gasteiger charge is 2.09. The quantitative estimate of drug-likeness (QED) is 0.761. The molecule has 2 N–H and O–H groups in total. The van der Waals surface area contributed by atoms with Crippen LogP contribution in [-0.2, 0) is 11.2 Å². The molecule has 0 atom stereocenters. The number of anilines is 1. The van der Waals surface area contributed by atoms with E-state index in [9.17, 15) is 9.59 Å². The summed E-state index contributed by atoms with van der Waals surface area (Å²) in [4.78, 5) is 23.0. The largest absolute Gasteiger partial charge is 0.491 e. The molecule has 0 fully saturated rings. The Morgan fingerprint density at radius 2 is 1.76 bits per heavy atom. The van der Waals surface area contributed by atoms with Gasteiger partial charge >= 0.3 is 5.97 Å². The Morgan fingerprint density at radius 3 is 2.40 bits per heavy atom. The number of benzene rings is 2. The first-order chi connectivity index (χ1) is 12.0. The van der Waals surface area contributed by atoms with Crippen molar-refractivity contribution in [1.29, 1.82) is 0 Å². The van der Waals surface area contributed by atoms with Gasteiger partial charge in [0, 0.05) is 6.42 Å². The van der Waals surface area contributed by atoms with E-state index in [0.29, 0.717) is 36.8 Å². The molecule has 5 heteroatoms. The summed E-state index contributed by atoms with van der Waals surface area (Å²) in [5.74, 6) is -0.00176. The van der Waals surface area contributed by atoms with Gasteiger partial charge in [-0.3, -0.25) is 4.79 Å². The van der Waals surface area contributed by atoms with Crippen LogP contribution in [0.3, 0.4) is 0 Å². The van der Waals surface area contributed by atoms with E-state index in [2.05, 4.69) is 19.2 Å². The summed E-state index contributed by atoms with van der Waals surface area (Å²) < 4.78 is 5.73. The van der Waals surface area contributed by atoms with Crippen LogP contribution in [0, 0.1) is 5.92 Å². The van der Waals surface area contributed by atoms with Gasteiger partial charge in [0.05, 0.1) is 17.9 Å².